The molecule has 4 heteroatoms. The number of pyridine rings is 1. The molecule has 0 aliphatic carbocycles. The summed E-state index contributed by atoms with van der Waals surface area (Å²) in [6, 6.07) is 11.1. The second kappa shape index (κ2) is 6.01. The Balaban J connectivity index is 1.87. The quantitative estimate of drug-likeness (QED) is 0.832. The third kappa shape index (κ3) is 4.00. The maximum atomic E-state index is 5.88. The van der Waals surface area contributed by atoms with Crippen LogP contribution in [-0.4, -0.2) is 4.98 Å². The fourth-order valence-corrected chi connectivity index (χ4v) is 1.82. The van der Waals surface area contributed by atoms with E-state index in [4.69, 9.17) is 27.9 Å². The van der Waals surface area contributed by atoms with E-state index in [0.717, 1.165) is 11.3 Å². The van der Waals surface area contributed by atoms with Crippen LogP contribution in [0.1, 0.15) is 11.3 Å². The van der Waals surface area contributed by atoms with Crippen LogP contribution in [-0.2, 0) is 18.0 Å². The van der Waals surface area contributed by atoms with Crippen LogP contribution in [0.2, 0.25) is 10.0 Å². The largest absolute Gasteiger partial charge is 0.370 e. The summed E-state index contributed by atoms with van der Waals surface area (Å²) in [5.41, 5.74) is 1.86. The molecule has 0 N–H and O–H groups in total. The van der Waals surface area contributed by atoms with Crippen molar-refractivity contribution in [1.82, 2.24) is 4.98 Å². The molecule has 1 aromatic carbocycles. The first-order chi connectivity index (χ1) is 8.24. The molecule has 0 aliphatic heterocycles. The molecule has 2 nitrogen and oxygen atoms in total. The molecule has 0 spiro atoms. The zero-order valence-corrected chi connectivity index (χ0v) is 10.6. The normalized spacial score (nSPS) is 10.5. The van der Waals surface area contributed by atoms with Gasteiger partial charge in [-0.15, -0.1) is 0 Å². The molecular formula is C13H11Cl2NO. The third-order valence-electron chi connectivity index (χ3n) is 2.19. The molecule has 2 rings (SSSR count). The predicted molar refractivity (Wildman–Crippen MR) is 69.2 cm³/mol. The lowest BCUT2D eigenvalue weighted by Gasteiger charge is -2.04. The lowest BCUT2D eigenvalue weighted by Crippen LogP contribution is -1.96. The Labute approximate surface area is 110 Å². The zero-order valence-electron chi connectivity index (χ0n) is 9.07. The summed E-state index contributed by atoms with van der Waals surface area (Å²) >= 11 is 11.7. The van der Waals surface area contributed by atoms with Gasteiger partial charge >= 0.3 is 0 Å². The Morgan fingerprint density at radius 2 is 1.82 bits per heavy atom. The van der Waals surface area contributed by atoms with E-state index >= 15 is 0 Å². The molecule has 1 aromatic heterocycles. The molecule has 0 atom stereocenters. The lowest BCUT2D eigenvalue weighted by atomic mass is 10.2. The van der Waals surface area contributed by atoms with Crippen LogP contribution in [0.4, 0.5) is 0 Å². The van der Waals surface area contributed by atoms with Crippen LogP contribution in [0.25, 0.3) is 0 Å². The highest BCUT2D eigenvalue weighted by Crippen LogP contribution is 2.13. The van der Waals surface area contributed by atoms with E-state index in [-0.39, 0.29) is 0 Å². The average molecular weight is 268 g/mol. The summed E-state index contributed by atoms with van der Waals surface area (Å²) in [4.78, 5) is 4.15. The van der Waals surface area contributed by atoms with Gasteiger partial charge in [-0.05, 0) is 29.8 Å². The van der Waals surface area contributed by atoms with Gasteiger partial charge in [-0.3, -0.25) is 4.98 Å². The summed E-state index contributed by atoms with van der Waals surface area (Å²) < 4.78 is 5.54. The summed E-state index contributed by atoms with van der Waals surface area (Å²) in [6.45, 7) is 0.946. The fraction of sp³-hybridized carbons (Fsp3) is 0.154. The second-order valence-electron chi connectivity index (χ2n) is 3.59. The predicted octanol–water partition coefficient (Wildman–Crippen LogP) is 4.11. The standard InChI is InChI=1S/C13H11Cl2NO/c14-11-3-1-2-10(6-11)8-17-9-13-7-12(15)4-5-16-13/h1-7H,8-9H2. The van der Waals surface area contributed by atoms with Gasteiger partial charge in [0.05, 0.1) is 18.9 Å². The smallest absolute Gasteiger partial charge is 0.0892 e. The molecule has 17 heavy (non-hydrogen) atoms. The van der Waals surface area contributed by atoms with E-state index in [1.54, 1.807) is 18.3 Å². The van der Waals surface area contributed by atoms with Gasteiger partial charge in [0.15, 0.2) is 0 Å². The minimum atomic E-state index is 0.438. The Hall–Kier alpha value is -1.09. The van der Waals surface area contributed by atoms with Gasteiger partial charge in [0.2, 0.25) is 0 Å². The molecule has 0 amide bonds. The molecular weight excluding hydrogens is 257 g/mol. The highest BCUT2D eigenvalue weighted by molar-refractivity contribution is 6.30. The summed E-state index contributed by atoms with van der Waals surface area (Å²) in [5.74, 6) is 0. The summed E-state index contributed by atoms with van der Waals surface area (Å²) in [6.07, 6.45) is 1.67. The van der Waals surface area contributed by atoms with Crippen molar-refractivity contribution >= 4 is 23.2 Å². The Kier molecular flexibility index (Phi) is 4.37. The second-order valence-corrected chi connectivity index (χ2v) is 4.46. The third-order valence-corrected chi connectivity index (χ3v) is 2.66. The molecule has 0 aliphatic rings. The topological polar surface area (TPSA) is 22.1 Å². The highest BCUT2D eigenvalue weighted by atomic mass is 35.5. The minimum absolute atomic E-state index is 0.438. The van der Waals surface area contributed by atoms with E-state index < -0.39 is 0 Å². The lowest BCUT2D eigenvalue weighted by molar-refractivity contribution is 0.104. The molecule has 0 unspecified atom stereocenters. The minimum Gasteiger partial charge on any atom is -0.370 e. The van der Waals surface area contributed by atoms with E-state index in [1.165, 1.54) is 0 Å². The van der Waals surface area contributed by atoms with Gasteiger partial charge in [0.1, 0.15) is 0 Å². The van der Waals surface area contributed by atoms with Crippen molar-refractivity contribution in [3.05, 3.63) is 63.9 Å². The molecule has 2 aromatic rings. The van der Waals surface area contributed by atoms with Crippen molar-refractivity contribution < 1.29 is 4.74 Å². The van der Waals surface area contributed by atoms with Gasteiger partial charge in [-0.25, -0.2) is 0 Å². The molecule has 0 bridgehead atoms. The number of rotatable bonds is 4. The number of aromatic nitrogens is 1. The number of nitrogens with zero attached hydrogens (tertiary/aromatic N) is 1. The van der Waals surface area contributed by atoms with Crippen molar-refractivity contribution in [2.75, 3.05) is 0 Å². The van der Waals surface area contributed by atoms with Crippen LogP contribution in [0.5, 0.6) is 0 Å². The number of hydrogen-bond acceptors (Lipinski definition) is 2. The van der Waals surface area contributed by atoms with Gasteiger partial charge in [-0.2, -0.15) is 0 Å². The van der Waals surface area contributed by atoms with Crippen molar-refractivity contribution in [1.29, 1.82) is 0 Å². The van der Waals surface area contributed by atoms with Gasteiger partial charge < -0.3 is 4.74 Å². The van der Waals surface area contributed by atoms with Crippen LogP contribution >= 0.6 is 23.2 Å². The number of benzene rings is 1. The van der Waals surface area contributed by atoms with Crippen molar-refractivity contribution in [3.8, 4) is 0 Å². The number of halogens is 2. The molecule has 0 saturated heterocycles. The first-order valence-electron chi connectivity index (χ1n) is 5.16. The van der Waals surface area contributed by atoms with E-state index in [1.807, 2.05) is 24.3 Å². The Morgan fingerprint density at radius 1 is 1.00 bits per heavy atom. The van der Waals surface area contributed by atoms with E-state index in [9.17, 15) is 0 Å². The van der Waals surface area contributed by atoms with Crippen molar-refractivity contribution in [2.24, 2.45) is 0 Å². The van der Waals surface area contributed by atoms with Crippen LogP contribution in [0, 0.1) is 0 Å². The molecule has 0 saturated carbocycles. The van der Waals surface area contributed by atoms with Crippen LogP contribution in [0.3, 0.4) is 0 Å². The van der Waals surface area contributed by atoms with E-state index in [2.05, 4.69) is 4.98 Å². The van der Waals surface area contributed by atoms with E-state index in [0.29, 0.717) is 23.3 Å². The molecule has 0 fully saturated rings. The van der Waals surface area contributed by atoms with Gasteiger partial charge in [0, 0.05) is 16.2 Å². The maximum absolute atomic E-state index is 5.88. The van der Waals surface area contributed by atoms with Crippen molar-refractivity contribution in [3.63, 3.8) is 0 Å². The SMILES string of the molecule is Clc1cccc(COCc2cc(Cl)ccn2)c1. The van der Waals surface area contributed by atoms with Crippen LogP contribution in [0.15, 0.2) is 42.6 Å². The monoisotopic (exact) mass is 267 g/mol. The number of ether oxygens (including phenoxy) is 1. The highest BCUT2D eigenvalue weighted by Gasteiger charge is 1.98. The van der Waals surface area contributed by atoms with Crippen molar-refractivity contribution in [2.45, 2.75) is 13.2 Å². The summed E-state index contributed by atoms with van der Waals surface area (Å²) in [7, 11) is 0. The Bertz CT molecular complexity index is 457. The maximum Gasteiger partial charge on any atom is 0.0892 e. The zero-order chi connectivity index (χ0) is 12.1. The fourth-order valence-electron chi connectivity index (χ4n) is 1.43. The Morgan fingerprint density at radius 3 is 2.59 bits per heavy atom. The van der Waals surface area contributed by atoms with Crippen LogP contribution < -0.4 is 0 Å². The molecule has 0 radical (unpaired) electrons. The summed E-state index contributed by atoms with van der Waals surface area (Å²) in [5, 5.41) is 1.38. The molecule has 88 valence electrons. The van der Waals surface area contributed by atoms with Gasteiger partial charge in [-0.1, -0.05) is 35.3 Å². The number of hydrogen-bond donors (Lipinski definition) is 0. The average Bonchev–Trinajstić information content (AvgIpc) is 2.29. The molecule has 1 heterocycles. The van der Waals surface area contributed by atoms with Gasteiger partial charge in [0.25, 0.3) is 0 Å². The first kappa shape index (κ1) is 12.4. The first-order valence-corrected chi connectivity index (χ1v) is 5.92.